The minimum Gasteiger partial charge on any atom is -0.348 e. The van der Waals surface area contributed by atoms with Gasteiger partial charge in [-0.2, -0.15) is 0 Å². The van der Waals surface area contributed by atoms with E-state index < -0.39 is 0 Å². The van der Waals surface area contributed by atoms with Gasteiger partial charge in [-0.1, -0.05) is 6.92 Å². The third kappa shape index (κ3) is 5.62. The lowest BCUT2D eigenvalue weighted by molar-refractivity contribution is -0.130. The number of carbonyl (C=O) groups is 2. The number of carbonyl (C=O) groups excluding carboxylic acids is 2. The molecule has 1 aliphatic heterocycles. The summed E-state index contributed by atoms with van der Waals surface area (Å²) in [4.78, 5) is 40.8. The monoisotopic (exact) mass is 520 g/mol. The molecule has 0 unspecified atom stereocenters. The van der Waals surface area contributed by atoms with Crippen molar-refractivity contribution in [3.8, 4) is 22.0 Å². The number of nitrogens with zero attached hydrogens (tertiary/aromatic N) is 6. The first-order valence-electron chi connectivity index (χ1n) is 13.2. The summed E-state index contributed by atoms with van der Waals surface area (Å²) in [6, 6.07) is 6.17. The van der Waals surface area contributed by atoms with Gasteiger partial charge in [0.25, 0.3) is 5.91 Å². The number of pyridine rings is 1. The van der Waals surface area contributed by atoms with Crippen molar-refractivity contribution in [3.05, 3.63) is 46.7 Å². The van der Waals surface area contributed by atoms with Crippen molar-refractivity contribution in [2.24, 2.45) is 5.92 Å². The predicted octanol–water partition coefficient (Wildman–Crippen LogP) is 3.80. The van der Waals surface area contributed by atoms with Crippen molar-refractivity contribution < 1.29 is 9.59 Å². The van der Waals surface area contributed by atoms with Gasteiger partial charge in [-0.3, -0.25) is 19.5 Å². The highest BCUT2D eigenvalue weighted by Gasteiger charge is 2.30. The van der Waals surface area contributed by atoms with Gasteiger partial charge in [0, 0.05) is 75.3 Å². The van der Waals surface area contributed by atoms with Crippen LogP contribution in [0.2, 0.25) is 0 Å². The van der Waals surface area contributed by atoms with Crippen LogP contribution in [0.5, 0.6) is 0 Å². The summed E-state index contributed by atoms with van der Waals surface area (Å²) in [7, 11) is 3.55. The summed E-state index contributed by atoms with van der Waals surface area (Å²) in [5, 5.41) is 3.08. The first-order valence-corrected chi connectivity index (χ1v) is 14.0. The van der Waals surface area contributed by atoms with Crippen molar-refractivity contribution in [1.29, 1.82) is 0 Å². The zero-order valence-electron chi connectivity index (χ0n) is 22.2. The fraction of sp³-hybridized carbons (Fsp3) is 0.500. The van der Waals surface area contributed by atoms with Crippen molar-refractivity contribution in [3.63, 3.8) is 0 Å². The third-order valence-electron chi connectivity index (χ3n) is 7.44. The largest absolute Gasteiger partial charge is 0.348 e. The molecule has 1 saturated heterocycles. The second-order valence-corrected chi connectivity index (χ2v) is 11.2. The van der Waals surface area contributed by atoms with E-state index in [0.717, 1.165) is 51.9 Å². The summed E-state index contributed by atoms with van der Waals surface area (Å²) in [5.41, 5.74) is 5.87. The average Bonchev–Trinajstić information content (AvgIpc) is 3.49. The smallest absolute Gasteiger partial charge is 0.255 e. The van der Waals surface area contributed by atoms with Crippen molar-refractivity contribution in [1.82, 2.24) is 29.2 Å². The van der Waals surface area contributed by atoms with Gasteiger partial charge in [-0.05, 0) is 50.3 Å². The third-order valence-corrected chi connectivity index (χ3v) is 8.34. The highest BCUT2D eigenvalue weighted by Crippen LogP contribution is 2.36. The lowest BCUT2D eigenvalue weighted by Gasteiger charge is -2.34. The standard InChI is InChI=1S/C28H36N6O2S/c1-5-22-14-21(8-9-29-22)27-30-24(18-37-27)25-15-23(19(2)34(25)16-20-6-7-20)28(36)33-12-10-32(11-13-33)17-26(35)31(3)4/h8-9,14-15,18,20H,5-7,10-13,16-17H2,1-4H3. The van der Waals surface area contributed by atoms with E-state index in [1.54, 1.807) is 30.3 Å². The molecular weight excluding hydrogens is 484 g/mol. The molecule has 0 N–H and O–H groups in total. The summed E-state index contributed by atoms with van der Waals surface area (Å²) in [6.45, 7) is 8.18. The van der Waals surface area contributed by atoms with Gasteiger partial charge in [0.15, 0.2) is 0 Å². The summed E-state index contributed by atoms with van der Waals surface area (Å²) in [6.07, 6.45) is 5.23. The lowest BCUT2D eigenvalue weighted by atomic mass is 10.2. The van der Waals surface area contributed by atoms with E-state index >= 15 is 0 Å². The minimum atomic E-state index is 0.0732. The maximum absolute atomic E-state index is 13.6. The Labute approximate surface area is 222 Å². The first-order chi connectivity index (χ1) is 17.8. The molecule has 0 bridgehead atoms. The molecule has 5 rings (SSSR count). The van der Waals surface area contributed by atoms with E-state index in [1.165, 1.54) is 12.8 Å². The Bertz CT molecular complexity index is 1280. The fourth-order valence-electron chi connectivity index (χ4n) is 4.81. The molecule has 0 aromatic carbocycles. The molecule has 2 amide bonds. The number of piperazine rings is 1. The molecule has 0 atom stereocenters. The maximum Gasteiger partial charge on any atom is 0.255 e. The molecule has 37 heavy (non-hydrogen) atoms. The van der Waals surface area contributed by atoms with Crippen LogP contribution >= 0.6 is 11.3 Å². The zero-order valence-corrected chi connectivity index (χ0v) is 23.1. The van der Waals surface area contributed by atoms with E-state index in [2.05, 4.69) is 39.7 Å². The Balaban J connectivity index is 1.37. The molecule has 3 aromatic heterocycles. The van der Waals surface area contributed by atoms with Crippen LogP contribution in [0.25, 0.3) is 22.0 Å². The predicted molar refractivity (Wildman–Crippen MR) is 147 cm³/mol. The zero-order chi connectivity index (χ0) is 26.1. The van der Waals surface area contributed by atoms with Crippen molar-refractivity contribution >= 4 is 23.2 Å². The van der Waals surface area contributed by atoms with Crippen LogP contribution in [0.1, 0.15) is 41.5 Å². The number of hydrogen-bond acceptors (Lipinski definition) is 6. The molecule has 0 spiro atoms. The molecule has 0 radical (unpaired) electrons. The summed E-state index contributed by atoms with van der Waals surface area (Å²) >= 11 is 1.63. The molecular formula is C28H36N6O2S. The van der Waals surface area contributed by atoms with Crippen LogP contribution < -0.4 is 0 Å². The van der Waals surface area contributed by atoms with Crippen molar-refractivity contribution in [2.75, 3.05) is 46.8 Å². The number of amides is 2. The molecule has 3 aromatic rings. The molecule has 1 aliphatic carbocycles. The summed E-state index contributed by atoms with van der Waals surface area (Å²) < 4.78 is 2.31. The second kappa shape index (κ2) is 10.8. The Morgan fingerprint density at radius 3 is 2.57 bits per heavy atom. The van der Waals surface area contributed by atoms with E-state index in [0.29, 0.717) is 38.6 Å². The molecule has 4 heterocycles. The number of hydrogen-bond donors (Lipinski definition) is 0. The van der Waals surface area contributed by atoms with Crippen LogP contribution in [-0.4, -0.2) is 87.9 Å². The SMILES string of the molecule is CCc1cc(-c2nc(-c3cc(C(=O)N4CCN(CC(=O)N(C)C)CC4)c(C)n3CC3CC3)cs2)ccn1. The second-order valence-electron chi connectivity index (χ2n) is 10.4. The normalized spacial score (nSPS) is 16.3. The van der Waals surface area contributed by atoms with E-state index in [4.69, 9.17) is 4.98 Å². The number of thiazole rings is 1. The molecule has 196 valence electrons. The molecule has 2 aliphatic rings. The van der Waals surface area contributed by atoms with Gasteiger partial charge < -0.3 is 14.4 Å². The van der Waals surface area contributed by atoms with Crippen LogP contribution in [0.3, 0.4) is 0 Å². The average molecular weight is 521 g/mol. The van der Waals surface area contributed by atoms with Crippen molar-refractivity contribution in [2.45, 2.75) is 39.7 Å². The van der Waals surface area contributed by atoms with Gasteiger partial charge in [0.1, 0.15) is 5.01 Å². The van der Waals surface area contributed by atoms with Gasteiger partial charge in [0.2, 0.25) is 5.91 Å². The lowest BCUT2D eigenvalue weighted by Crippen LogP contribution is -2.51. The van der Waals surface area contributed by atoms with E-state index in [1.807, 2.05) is 23.2 Å². The molecule has 1 saturated carbocycles. The van der Waals surface area contributed by atoms with E-state index in [9.17, 15) is 9.59 Å². The van der Waals surface area contributed by atoms with Gasteiger partial charge in [0.05, 0.1) is 23.5 Å². The molecule has 2 fully saturated rings. The van der Waals surface area contributed by atoms with Crippen LogP contribution in [0, 0.1) is 12.8 Å². The number of aryl methyl sites for hydroxylation is 1. The van der Waals surface area contributed by atoms with Gasteiger partial charge >= 0.3 is 0 Å². The highest BCUT2D eigenvalue weighted by atomic mass is 32.1. The summed E-state index contributed by atoms with van der Waals surface area (Å²) in [5.74, 6) is 0.845. The van der Waals surface area contributed by atoms with Crippen LogP contribution in [0.15, 0.2) is 29.8 Å². The molecule has 9 heteroatoms. The molecule has 8 nitrogen and oxygen atoms in total. The minimum absolute atomic E-state index is 0.0732. The number of likely N-dealkylation sites (N-methyl/N-ethyl adjacent to an activating group) is 1. The first kappa shape index (κ1) is 25.6. The number of aromatic nitrogens is 3. The Hall–Kier alpha value is -3.04. The van der Waals surface area contributed by atoms with Gasteiger partial charge in [-0.15, -0.1) is 11.3 Å². The Morgan fingerprint density at radius 1 is 1.14 bits per heavy atom. The van der Waals surface area contributed by atoms with Crippen LogP contribution in [-0.2, 0) is 17.8 Å². The maximum atomic E-state index is 13.6. The van der Waals surface area contributed by atoms with E-state index in [-0.39, 0.29) is 11.8 Å². The quantitative estimate of drug-likeness (QED) is 0.452. The highest BCUT2D eigenvalue weighted by molar-refractivity contribution is 7.13. The number of rotatable bonds is 8. The van der Waals surface area contributed by atoms with Gasteiger partial charge in [-0.25, -0.2) is 4.98 Å². The Morgan fingerprint density at radius 2 is 1.89 bits per heavy atom. The topological polar surface area (TPSA) is 74.6 Å². The van der Waals surface area contributed by atoms with Crippen LogP contribution in [0.4, 0.5) is 0 Å². The fourth-order valence-corrected chi connectivity index (χ4v) is 5.62. The Kier molecular flexibility index (Phi) is 7.44.